The van der Waals surface area contributed by atoms with Gasteiger partial charge >= 0.3 is 0 Å². The molecule has 4 heterocycles. The second-order valence-corrected chi connectivity index (χ2v) is 11.5. The maximum absolute atomic E-state index is 13.6. The summed E-state index contributed by atoms with van der Waals surface area (Å²) in [6.45, 7) is 6.98. The Kier molecular flexibility index (Phi) is 6.03. The van der Waals surface area contributed by atoms with Crippen molar-refractivity contribution in [3.05, 3.63) is 69.4 Å². The SMILES string of the molecule is Cc1cccc(-c2sc(C)nc2C(=O)N2CCSC2CNC(=O)c2c(C)cn3ccsc23)c1. The first-order valence-electron chi connectivity index (χ1n) is 10.7. The third-order valence-corrected chi connectivity index (χ3v) is 8.85. The van der Waals surface area contributed by atoms with Gasteiger partial charge in [0.25, 0.3) is 11.8 Å². The maximum Gasteiger partial charge on any atom is 0.274 e. The van der Waals surface area contributed by atoms with Crippen LogP contribution in [0.2, 0.25) is 0 Å². The number of nitrogens with one attached hydrogen (secondary N) is 1. The summed E-state index contributed by atoms with van der Waals surface area (Å²) in [4.78, 5) is 34.8. The van der Waals surface area contributed by atoms with Crippen LogP contribution in [-0.2, 0) is 0 Å². The molecule has 6 nitrogen and oxygen atoms in total. The number of benzene rings is 1. The Bertz CT molecular complexity index is 1350. The predicted octanol–water partition coefficient (Wildman–Crippen LogP) is 4.99. The molecule has 1 aliphatic rings. The first-order chi connectivity index (χ1) is 15.9. The van der Waals surface area contributed by atoms with Crippen molar-refractivity contribution in [2.75, 3.05) is 18.8 Å². The monoisotopic (exact) mass is 496 g/mol. The summed E-state index contributed by atoms with van der Waals surface area (Å²) in [7, 11) is 0. The molecule has 0 bridgehead atoms. The van der Waals surface area contributed by atoms with Crippen molar-refractivity contribution in [1.29, 1.82) is 0 Å². The van der Waals surface area contributed by atoms with E-state index in [1.165, 1.54) is 0 Å². The molecular formula is C24H24N4O2S3. The summed E-state index contributed by atoms with van der Waals surface area (Å²) < 4.78 is 1.98. The molecule has 33 heavy (non-hydrogen) atoms. The maximum atomic E-state index is 13.6. The molecule has 4 aromatic rings. The van der Waals surface area contributed by atoms with Gasteiger partial charge in [-0.3, -0.25) is 9.59 Å². The summed E-state index contributed by atoms with van der Waals surface area (Å²) in [6, 6.07) is 8.17. The van der Waals surface area contributed by atoms with E-state index in [1.807, 2.05) is 66.0 Å². The van der Waals surface area contributed by atoms with E-state index in [4.69, 9.17) is 0 Å². The molecule has 3 aromatic heterocycles. The van der Waals surface area contributed by atoms with Crippen molar-refractivity contribution < 1.29 is 9.59 Å². The minimum absolute atomic E-state index is 0.0687. The minimum atomic E-state index is -0.115. The van der Waals surface area contributed by atoms with Crippen LogP contribution in [0.5, 0.6) is 0 Å². The van der Waals surface area contributed by atoms with Crippen molar-refractivity contribution in [1.82, 2.24) is 19.6 Å². The van der Waals surface area contributed by atoms with Crippen molar-refractivity contribution in [3.8, 4) is 10.4 Å². The number of aromatic nitrogens is 2. The lowest BCUT2D eigenvalue weighted by molar-refractivity contribution is 0.0747. The first kappa shape index (κ1) is 22.2. The van der Waals surface area contributed by atoms with Gasteiger partial charge in [0.15, 0.2) is 0 Å². The Morgan fingerprint density at radius 1 is 1.24 bits per heavy atom. The zero-order valence-electron chi connectivity index (χ0n) is 18.6. The number of carbonyl (C=O) groups is 2. The summed E-state index contributed by atoms with van der Waals surface area (Å²) in [5, 5.41) is 5.80. The molecule has 0 spiro atoms. The fourth-order valence-corrected chi connectivity index (χ4v) is 7.17. The smallest absolute Gasteiger partial charge is 0.274 e. The second kappa shape index (κ2) is 8.96. The number of amides is 2. The Balaban J connectivity index is 1.34. The van der Waals surface area contributed by atoms with Crippen molar-refractivity contribution in [2.24, 2.45) is 0 Å². The average molecular weight is 497 g/mol. The fourth-order valence-electron chi connectivity index (χ4n) is 4.18. The summed E-state index contributed by atoms with van der Waals surface area (Å²) in [5.41, 5.74) is 4.33. The molecule has 1 aliphatic heterocycles. The lowest BCUT2D eigenvalue weighted by atomic mass is 10.1. The van der Waals surface area contributed by atoms with Crippen LogP contribution < -0.4 is 5.32 Å². The fraction of sp³-hybridized carbons (Fsp3) is 0.292. The molecule has 170 valence electrons. The van der Waals surface area contributed by atoms with Crippen LogP contribution in [0, 0.1) is 20.8 Å². The minimum Gasteiger partial charge on any atom is -0.349 e. The van der Waals surface area contributed by atoms with Crippen molar-refractivity contribution in [3.63, 3.8) is 0 Å². The van der Waals surface area contributed by atoms with E-state index in [-0.39, 0.29) is 17.2 Å². The van der Waals surface area contributed by atoms with Crippen molar-refractivity contribution in [2.45, 2.75) is 26.1 Å². The van der Waals surface area contributed by atoms with E-state index in [2.05, 4.69) is 16.4 Å². The number of carbonyl (C=O) groups excluding carboxylic acids is 2. The molecule has 1 saturated heterocycles. The lowest BCUT2D eigenvalue weighted by Crippen LogP contribution is -2.42. The van der Waals surface area contributed by atoms with E-state index < -0.39 is 0 Å². The highest BCUT2D eigenvalue weighted by atomic mass is 32.2. The number of thiazole rings is 2. The van der Waals surface area contributed by atoms with Gasteiger partial charge in [-0.2, -0.15) is 0 Å². The number of fused-ring (bicyclic) bond motifs is 1. The Labute approximate surface area is 204 Å². The van der Waals surface area contributed by atoms with E-state index in [0.717, 1.165) is 37.2 Å². The van der Waals surface area contributed by atoms with Crippen LogP contribution in [-0.4, -0.2) is 50.3 Å². The summed E-state index contributed by atoms with van der Waals surface area (Å²) in [6.07, 6.45) is 3.93. The Morgan fingerprint density at radius 2 is 2.09 bits per heavy atom. The van der Waals surface area contributed by atoms with Gasteiger partial charge in [0.2, 0.25) is 0 Å². The average Bonchev–Trinajstić information content (AvgIpc) is 3.55. The van der Waals surface area contributed by atoms with Crippen molar-refractivity contribution >= 4 is 51.1 Å². The third-order valence-electron chi connectivity index (χ3n) is 5.71. The predicted molar refractivity (Wildman–Crippen MR) is 137 cm³/mol. The summed E-state index contributed by atoms with van der Waals surface area (Å²) >= 11 is 4.80. The highest BCUT2D eigenvalue weighted by Gasteiger charge is 2.33. The molecule has 2 amide bonds. The number of hydrogen-bond donors (Lipinski definition) is 1. The largest absolute Gasteiger partial charge is 0.349 e. The Hall–Kier alpha value is -2.62. The van der Waals surface area contributed by atoms with Gasteiger partial charge in [0, 0.05) is 36.6 Å². The Morgan fingerprint density at radius 3 is 2.91 bits per heavy atom. The van der Waals surface area contributed by atoms with Gasteiger partial charge in [-0.05, 0) is 31.9 Å². The van der Waals surface area contributed by atoms with Crippen LogP contribution in [0.4, 0.5) is 0 Å². The molecule has 1 N–H and O–H groups in total. The topological polar surface area (TPSA) is 66.7 Å². The number of hydrogen-bond acceptors (Lipinski definition) is 6. The zero-order valence-corrected chi connectivity index (χ0v) is 21.1. The number of aryl methyl sites for hydroxylation is 3. The van der Waals surface area contributed by atoms with Gasteiger partial charge in [-0.25, -0.2) is 4.98 Å². The number of nitrogens with zero attached hydrogens (tertiary/aromatic N) is 3. The van der Waals surface area contributed by atoms with Gasteiger partial charge in [0.05, 0.1) is 20.8 Å². The van der Waals surface area contributed by atoms with Gasteiger partial charge < -0.3 is 14.6 Å². The molecule has 1 aromatic carbocycles. The normalized spacial score (nSPS) is 16.0. The number of thioether (sulfide) groups is 1. The van der Waals surface area contributed by atoms with E-state index in [1.54, 1.807) is 34.4 Å². The van der Waals surface area contributed by atoms with E-state index >= 15 is 0 Å². The highest BCUT2D eigenvalue weighted by Crippen LogP contribution is 2.34. The zero-order chi connectivity index (χ0) is 23.1. The lowest BCUT2D eigenvalue weighted by Gasteiger charge is -2.24. The van der Waals surface area contributed by atoms with Crippen LogP contribution in [0.1, 0.15) is 37.0 Å². The van der Waals surface area contributed by atoms with E-state index in [9.17, 15) is 9.59 Å². The molecule has 0 aliphatic carbocycles. The second-order valence-electron chi connectivity index (χ2n) is 8.12. The van der Waals surface area contributed by atoms with Gasteiger partial charge in [0.1, 0.15) is 10.5 Å². The number of rotatable bonds is 5. The van der Waals surface area contributed by atoms with Crippen LogP contribution in [0.15, 0.2) is 42.0 Å². The molecule has 0 saturated carbocycles. The molecule has 1 atom stereocenters. The standard InChI is InChI=1S/C24H24N4O2S3/c1-14-5-4-6-17(11-14)21-20(26-16(3)33-21)23(30)28-8-10-31-18(28)12-25-22(29)19-15(2)13-27-7-9-32-24(19)27/h4-7,9,11,13,18H,8,10,12H2,1-3H3,(H,25,29). The van der Waals surface area contributed by atoms with Crippen LogP contribution >= 0.6 is 34.4 Å². The molecule has 5 rings (SSSR count). The third kappa shape index (κ3) is 4.20. The highest BCUT2D eigenvalue weighted by molar-refractivity contribution is 8.00. The van der Waals surface area contributed by atoms with Gasteiger partial charge in [-0.1, -0.05) is 29.8 Å². The molecular weight excluding hydrogens is 472 g/mol. The van der Waals surface area contributed by atoms with Crippen LogP contribution in [0.3, 0.4) is 0 Å². The molecule has 9 heteroatoms. The van der Waals surface area contributed by atoms with Crippen LogP contribution in [0.25, 0.3) is 15.3 Å². The molecule has 1 fully saturated rings. The quantitative estimate of drug-likeness (QED) is 0.423. The first-order valence-corrected chi connectivity index (χ1v) is 13.5. The molecule has 1 unspecified atom stereocenters. The molecule has 0 radical (unpaired) electrons. The van der Waals surface area contributed by atoms with E-state index in [0.29, 0.717) is 24.3 Å². The summed E-state index contributed by atoms with van der Waals surface area (Å²) in [5.74, 6) is 0.679. The van der Waals surface area contributed by atoms with Gasteiger partial charge in [-0.15, -0.1) is 34.4 Å².